The first-order chi connectivity index (χ1) is 5.24. The van der Waals surface area contributed by atoms with E-state index in [-0.39, 0.29) is 12.4 Å². The van der Waals surface area contributed by atoms with Gasteiger partial charge in [0.2, 0.25) is 0 Å². The standard InChI is InChI=1S/C8H14O3/c1-3-10-8-5-4-7(9)6(2)11-8/h4-9H,3H2,1-2H3/t6-,7-,8-/m1/s1. The van der Waals surface area contributed by atoms with Crippen molar-refractivity contribution in [3.63, 3.8) is 0 Å². The molecule has 1 rings (SSSR count). The summed E-state index contributed by atoms with van der Waals surface area (Å²) in [6, 6.07) is 0. The van der Waals surface area contributed by atoms with Crippen LogP contribution in [0.5, 0.6) is 0 Å². The fourth-order valence-electron chi connectivity index (χ4n) is 0.958. The van der Waals surface area contributed by atoms with E-state index >= 15 is 0 Å². The third-order valence-electron chi connectivity index (χ3n) is 1.63. The quantitative estimate of drug-likeness (QED) is 0.601. The second-order valence-corrected chi connectivity index (χ2v) is 2.54. The summed E-state index contributed by atoms with van der Waals surface area (Å²) in [5.74, 6) is 0. The Labute approximate surface area is 66.6 Å². The predicted octanol–water partition coefficient (Wildman–Crippen LogP) is 0.685. The van der Waals surface area contributed by atoms with Crippen LogP contribution in [-0.2, 0) is 9.47 Å². The summed E-state index contributed by atoms with van der Waals surface area (Å²) in [6.07, 6.45) is 2.49. The van der Waals surface area contributed by atoms with Gasteiger partial charge in [0.15, 0.2) is 6.29 Å². The number of ether oxygens (including phenoxy) is 2. The Morgan fingerprint density at radius 3 is 2.82 bits per heavy atom. The first-order valence-corrected chi connectivity index (χ1v) is 3.87. The van der Waals surface area contributed by atoms with Gasteiger partial charge >= 0.3 is 0 Å². The van der Waals surface area contributed by atoms with Gasteiger partial charge in [0, 0.05) is 6.61 Å². The second-order valence-electron chi connectivity index (χ2n) is 2.54. The van der Waals surface area contributed by atoms with Crippen molar-refractivity contribution in [2.75, 3.05) is 6.61 Å². The van der Waals surface area contributed by atoms with E-state index in [0.29, 0.717) is 6.61 Å². The highest BCUT2D eigenvalue weighted by Gasteiger charge is 2.21. The lowest BCUT2D eigenvalue weighted by atomic mass is 10.2. The van der Waals surface area contributed by atoms with Crippen LogP contribution in [0.4, 0.5) is 0 Å². The average Bonchev–Trinajstić information content (AvgIpc) is 1.98. The minimum absolute atomic E-state index is 0.170. The van der Waals surface area contributed by atoms with Crippen molar-refractivity contribution in [1.29, 1.82) is 0 Å². The topological polar surface area (TPSA) is 38.7 Å². The van der Waals surface area contributed by atoms with Gasteiger partial charge in [-0.1, -0.05) is 6.08 Å². The molecule has 1 aliphatic rings. The van der Waals surface area contributed by atoms with Crippen LogP contribution in [0.15, 0.2) is 12.2 Å². The largest absolute Gasteiger partial charge is 0.386 e. The van der Waals surface area contributed by atoms with Gasteiger partial charge in [-0.2, -0.15) is 0 Å². The van der Waals surface area contributed by atoms with Crippen molar-refractivity contribution in [3.8, 4) is 0 Å². The molecule has 0 aromatic carbocycles. The van der Waals surface area contributed by atoms with Gasteiger partial charge in [-0.05, 0) is 19.9 Å². The molecule has 0 aromatic heterocycles. The highest BCUT2D eigenvalue weighted by Crippen LogP contribution is 2.12. The average molecular weight is 158 g/mol. The first kappa shape index (κ1) is 8.71. The second kappa shape index (κ2) is 3.85. The molecule has 0 aromatic rings. The minimum atomic E-state index is -0.494. The van der Waals surface area contributed by atoms with Crippen molar-refractivity contribution in [2.45, 2.75) is 32.3 Å². The zero-order chi connectivity index (χ0) is 8.27. The number of rotatable bonds is 2. The Hall–Kier alpha value is -0.380. The Balaban J connectivity index is 2.43. The van der Waals surface area contributed by atoms with Gasteiger partial charge in [-0.3, -0.25) is 0 Å². The zero-order valence-electron chi connectivity index (χ0n) is 6.86. The maximum absolute atomic E-state index is 9.20. The number of hydrogen-bond acceptors (Lipinski definition) is 3. The molecule has 0 saturated heterocycles. The third-order valence-corrected chi connectivity index (χ3v) is 1.63. The fourth-order valence-corrected chi connectivity index (χ4v) is 0.958. The lowest BCUT2D eigenvalue weighted by Gasteiger charge is -2.26. The van der Waals surface area contributed by atoms with E-state index in [0.717, 1.165) is 0 Å². The van der Waals surface area contributed by atoms with E-state index in [2.05, 4.69) is 0 Å². The molecule has 1 heterocycles. The smallest absolute Gasteiger partial charge is 0.177 e. The maximum atomic E-state index is 9.20. The van der Waals surface area contributed by atoms with E-state index in [4.69, 9.17) is 9.47 Å². The number of aliphatic hydroxyl groups is 1. The summed E-state index contributed by atoms with van der Waals surface area (Å²) in [5.41, 5.74) is 0. The van der Waals surface area contributed by atoms with E-state index in [1.54, 1.807) is 12.2 Å². The molecule has 11 heavy (non-hydrogen) atoms. The molecule has 0 radical (unpaired) electrons. The van der Waals surface area contributed by atoms with E-state index in [1.807, 2.05) is 13.8 Å². The summed E-state index contributed by atoms with van der Waals surface area (Å²) >= 11 is 0. The Morgan fingerprint density at radius 2 is 2.27 bits per heavy atom. The van der Waals surface area contributed by atoms with Gasteiger partial charge < -0.3 is 14.6 Å². The summed E-state index contributed by atoms with van der Waals surface area (Å²) in [7, 11) is 0. The fraction of sp³-hybridized carbons (Fsp3) is 0.750. The zero-order valence-corrected chi connectivity index (χ0v) is 6.86. The predicted molar refractivity (Wildman–Crippen MR) is 41.1 cm³/mol. The first-order valence-electron chi connectivity index (χ1n) is 3.87. The van der Waals surface area contributed by atoms with E-state index < -0.39 is 6.10 Å². The molecule has 0 spiro atoms. The van der Waals surface area contributed by atoms with Crippen molar-refractivity contribution < 1.29 is 14.6 Å². The Morgan fingerprint density at radius 1 is 1.55 bits per heavy atom. The molecule has 3 heteroatoms. The molecule has 0 amide bonds. The van der Waals surface area contributed by atoms with E-state index in [9.17, 15) is 5.11 Å². The molecule has 3 atom stereocenters. The van der Waals surface area contributed by atoms with Gasteiger partial charge in [0.1, 0.15) is 0 Å². The minimum Gasteiger partial charge on any atom is -0.386 e. The van der Waals surface area contributed by atoms with Crippen molar-refractivity contribution in [2.24, 2.45) is 0 Å². The lowest BCUT2D eigenvalue weighted by Crippen LogP contribution is -2.33. The molecule has 64 valence electrons. The van der Waals surface area contributed by atoms with Gasteiger partial charge in [0.05, 0.1) is 12.2 Å². The molecule has 0 saturated carbocycles. The molecular weight excluding hydrogens is 144 g/mol. The molecule has 0 aliphatic carbocycles. The van der Waals surface area contributed by atoms with Crippen LogP contribution in [0.25, 0.3) is 0 Å². The molecule has 1 aliphatic heterocycles. The van der Waals surface area contributed by atoms with Gasteiger partial charge in [-0.15, -0.1) is 0 Å². The van der Waals surface area contributed by atoms with Crippen molar-refractivity contribution in [3.05, 3.63) is 12.2 Å². The van der Waals surface area contributed by atoms with E-state index in [1.165, 1.54) is 0 Å². The lowest BCUT2D eigenvalue weighted by molar-refractivity contribution is -0.162. The number of hydrogen-bond donors (Lipinski definition) is 1. The third kappa shape index (κ3) is 2.29. The van der Waals surface area contributed by atoms with Crippen LogP contribution in [0.1, 0.15) is 13.8 Å². The molecule has 3 nitrogen and oxygen atoms in total. The van der Waals surface area contributed by atoms with Crippen LogP contribution in [0.2, 0.25) is 0 Å². The van der Waals surface area contributed by atoms with Crippen LogP contribution >= 0.6 is 0 Å². The molecule has 0 bridgehead atoms. The van der Waals surface area contributed by atoms with Crippen molar-refractivity contribution >= 4 is 0 Å². The maximum Gasteiger partial charge on any atom is 0.177 e. The molecular formula is C8H14O3. The Bertz CT molecular complexity index is 144. The van der Waals surface area contributed by atoms with Crippen LogP contribution in [-0.4, -0.2) is 30.2 Å². The van der Waals surface area contributed by atoms with Crippen molar-refractivity contribution in [1.82, 2.24) is 0 Å². The number of aliphatic hydroxyl groups excluding tert-OH is 1. The summed E-state index contributed by atoms with van der Waals surface area (Å²) in [5, 5.41) is 9.20. The normalized spacial score (nSPS) is 37.5. The monoisotopic (exact) mass is 158 g/mol. The van der Waals surface area contributed by atoms with Crippen LogP contribution in [0, 0.1) is 0 Å². The highest BCUT2D eigenvalue weighted by molar-refractivity contribution is 4.98. The molecule has 0 fully saturated rings. The molecule has 1 N–H and O–H groups in total. The van der Waals surface area contributed by atoms with Gasteiger partial charge in [0.25, 0.3) is 0 Å². The summed E-state index contributed by atoms with van der Waals surface area (Å²) in [4.78, 5) is 0. The van der Waals surface area contributed by atoms with Crippen LogP contribution < -0.4 is 0 Å². The summed E-state index contributed by atoms with van der Waals surface area (Å²) < 4.78 is 10.5. The summed E-state index contributed by atoms with van der Waals surface area (Å²) in [6.45, 7) is 4.35. The van der Waals surface area contributed by atoms with Crippen LogP contribution in [0.3, 0.4) is 0 Å². The Kier molecular flexibility index (Phi) is 3.05. The highest BCUT2D eigenvalue weighted by atomic mass is 16.7. The van der Waals surface area contributed by atoms with Gasteiger partial charge in [-0.25, -0.2) is 0 Å². The SMILES string of the molecule is CCO[C@H]1C=C[C@@H](O)[C@@H](C)O1. The molecule has 0 unspecified atom stereocenters.